The Morgan fingerprint density at radius 1 is 1.44 bits per heavy atom. The summed E-state index contributed by atoms with van der Waals surface area (Å²) < 4.78 is 11.6. The Hall–Kier alpha value is -1.78. The molecule has 0 radical (unpaired) electrons. The van der Waals surface area contributed by atoms with Gasteiger partial charge in [-0.05, 0) is 25.0 Å². The first-order valence-electron chi connectivity index (χ1n) is 5.39. The second kappa shape index (κ2) is 4.38. The molecule has 16 heavy (non-hydrogen) atoms. The van der Waals surface area contributed by atoms with Crippen LogP contribution in [0.1, 0.15) is 32.7 Å². The second-order valence-electron chi connectivity index (χ2n) is 3.57. The SMILES string of the molecule is CCC(CC)n1nc(-c2ccco2)oc1=O. The Labute approximate surface area is 92.7 Å². The average molecular weight is 222 g/mol. The molecule has 0 aromatic carbocycles. The fourth-order valence-corrected chi connectivity index (χ4v) is 1.65. The number of furan rings is 1. The van der Waals surface area contributed by atoms with Gasteiger partial charge in [0, 0.05) is 0 Å². The van der Waals surface area contributed by atoms with Gasteiger partial charge in [-0.3, -0.25) is 0 Å². The van der Waals surface area contributed by atoms with Crippen molar-refractivity contribution in [3.05, 3.63) is 28.9 Å². The minimum absolute atomic E-state index is 0.0833. The van der Waals surface area contributed by atoms with Crippen molar-refractivity contribution < 1.29 is 8.83 Å². The van der Waals surface area contributed by atoms with Gasteiger partial charge in [0.25, 0.3) is 5.89 Å². The van der Waals surface area contributed by atoms with Crippen molar-refractivity contribution in [2.24, 2.45) is 0 Å². The molecule has 0 saturated carbocycles. The van der Waals surface area contributed by atoms with Crippen LogP contribution in [0.2, 0.25) is 0 Å². The zero-order valence-electron chi connectivity index (χ0n) is 9.34. The number of nitrogens with zero attached hydrogens (tertiary/aromatic N) is 2. The van der Waals surface area contributed by atoms with E-state index in [0.29, 0.717) is 5.76 Å². The summed E-state index contributed by atoms with van der Waals surface area (Å²) in [5.74, 6) is 0.281. The van der Waals surface area contributed by atoms with Gasteiger partial charge in [-0.2, -0.15) is 4.68 Å². The van der Waals surface area contributed by atoms with Crippen LogP contribution in [-0.4, -0.2) is 9.78 Å². The Morgan fingerprint density at radius 3 is 2.75 bits per heavy atom. The van der Waals surface area contributed by atoms with Gasteiger partial charge in [0.05, 0.1) is 12.3 Å². The molecule has 5 heteroatoms. The first-order valence-corrected chi connectivity index (χ1v) is 5.39. The van der Waals surface area contributed by atoms with E-state index in [1.165, 1.54) is 10.9 Å². The summed E-state index contributed by atoms with van der Waals surface area (Å²) >= 11 is 0. The fraction of sp³-hybridized carbons (Fsp3) is 0.455. The maximum absolute atomic E-state index is 11.6. The van der Waals surface area contributed by atoms with Crippen molar-refractivity contribution >= 4 is 0 Å². The molecule has 2 aromatic heterocycles. The lowest BCUT2D eigenvalue weighted by molar-refractivity contribution is 0.387. The lowest BCUT2D eigenvalue weighted by Gasteiger charge is -2.08. The number of aromatic nitrogens is 2. The normalized spacial score (nSPS) is 11.2. The third kappa shape index (κ3) is 1.80. The third-order valence-electron chi connectivity index (χ3n) is 2.59. The maximum atomic E-state index is 11.6. The summed E-state index contributed by atoms with van der Waals surface area (Å²) in [6, 6.07) is 3.52. The molecule has 0 fully saturated rings. The lowest BCUT2D eigenvalue weighted by atomic mass is 10.2. The highest BCUT2D eigenvalue weighted by atomic mass is 16.4. The van der Waals surface area contributed by atoms with Crippen LogP contribution in [0.3, 0.4) is 0 Å². The van der Waals surface area contributed by atoms with E-state index in [0.717, 1.165) is 12.8 Å². The lowest BCUT2D eigenvalue weighted by Crippen LogP contribution is -2.21. The van der Waals surface area contributed by atoms with E-state index in [9.17, 15) is 4.79 Å². The van der Waals surface area contributed by atoms with Gasteiger partial charge in [0.15, 0.2) is 5.76 Å². The van der Waals surface area contributed by atoms with Gasteiger partial charge in [0.1, 0.15) is 0 Å². The molecular weight excluding hydrogens is 208 g/mol. The average Bonchev–Trinajstić information content (AvgIpc) is 2.90. The van der Waals surface area contributed by atoms with E-state index < -0.39 is 5.76 Å². The zero-order chi connectivity index (χ0) is 11.5. The van der Waals surface area contributed by atoms with Crippen LogP contribution in [0.4, 0.5) is 0 Å². The van der Waals surface area contributed by atoms with Crippen LogP contribution in [0, 0.1) is 0 Å². The first-order chi connectivity index (χ1) is 7.76. The van der Waals surface area contributed by atoms with E-state index >= 15 is 0 Å². The predicted molar refractivity (Wildman–Crippen MR) is 58.1 cm³/mol. The Morgan fingerprint density at radius 2 is 2.19 bits per heavy atom. The molecule has 0 amide bonds. The van der Waals surface area contributed by atoms with E-state index in [2.05, 4.69) is 5.10 Å². The first kappa shape index (κ1) is 10.7. The standard InChI is InChI=1S/C11H14N2O3/c1-3-8(4-2)13-11(14)16-10(12-13)9-6-5-7-15-9/h5-8H,3-4H2,1-2H3. The Balaban J connectivity index is 2.39. The van der Waals surface area contributed by atoms with E-state index in [-0.39, 0.29) is 11.9 Å². The number of hydrogen-bond acceptors (Lipinski definition) is 4. The highest BCUT2D eigenvalue weighted by Crippen LogP contribution is 2.18. The maximum Gasteiger partial charge on any atom is 0.437 e. The molecular formula is C11H14N2O3. The van der Waals surface area contributed by atoms with Crippen LogP contribution in [0.25, 0.3) is 11.7 Å². The highest BCUT2D eigenvalue weighted by Gasteiger charge is 2.17. The largest absolute Gasteiger partial charge is 0.459 e. The summed E-state index contributed by atoms with van der Waals surface area (Å²) in [6.07, 6.45) is 3.21. The molecule has 5 nitrogen and oxygen atoms in total. The fourth-order valence-electron chi connectivity index (χ4n) is 1.65. The second-order valence-corrected chi connectivity index (χ2v) is 3.57. The van der Waals surface area contributed by atoms with Crippen LogP contribution in [-0.2, 0) is 0 Å². The summed E-state index contributed by atoms with van der Waals surface area (Å²) in [6.45, 7) is 4.03. The molecule has 0 bridgehead atoms. The van der Waals surface area contributed by atoms with Crippen molar-refractivity contribution in [2.75, 3.05) is 0 Å². The molecule has 0 aliphatic heterocycles. The third-order valence-corrected chi connectivity index (χ3v) is 2.59. The quantitative estimate of drug-likeness (QED) is 0.797. The minimum atomic E-state index is -0.430. The number of rotatable bonds is 4. The number of hydrogen-bond donors (Lipinski definition) is 0. The molecule has 86 valence electrons. The smallest absolute Gasteiger partial charge is 0.437 e. The molecule has 0 atom stereocenters. The Kier molecular flexibility index (Phi) is 2.94. The van der Waals surface area contributed by atoms with E-state index in [1.54, 1.807) is 12.1 Å². The van der Waals surface area contributed by atoms with Crippen LogP contribution in [0.15, 0.2) is 32.0 Å². The highest BCUT2D eigenvalue weighted by molar-refractivity contribution is 5.42. The molecule has 2 aromatic rings. The van der Waals surface area contributed by atoms with Crippen molar-refractivity contribution in [2.45, 2.75) is 32.7 Å². The van der Waals surface area contributed by atoms with E-state index in [1.807, 2.05) is 13.8 Å². The topological polar surface area (TPSA) is 61.2 Å². The molecule has 0 aliphatic rings. The zero-order valence-corrected chi connectivity index (χ0v) is 9.34. The van der Waals surface area contributed by atoms with Crippen LogP contribution >= 0.6 is 0 Å². The molecule has 2 rings (SSSR count). The van der Waals surface area contributed by atoms with Gasteiger partial charge in [-0.15, -0.1) is 5.10 Å². The van der Waals surface area contributed by atoms with Crippen molar-refractivity contribution in [1.29, 1.82) is 0 Å². The summed E-state index contributed by atoms with van der Waals surface area (Å²) in [5.41, 5.74) is 0. The van der Waals surface area contributed by atoms with Crippen LogP contribution in [0.5, 0.6) is 0 Å². The van der Waals surface area contributed by atoms with E-state index in [4.69, 9.17) is 8.83 Å². The summed E-state index contributed by atoms with van der Waals surface area (Å²) in [5, 5.41) is 4.14. The van der Waals surface area contributed by atoms with Gasteiger partial charge in [-0.1, -0.05) is 13.8 Å². The minimum Gasteiger partial charge on any atom is -0.459 e. The molecule has 0 unspecified atom stereocenters. The predicted octanol–water partition coefficient (Wildman–Crippen LogP) is 2.46. The molecule has 0 saturated heterocycles. The van der Waals surface area contributed by atoms with Gasteiger partial charge < -0.3 is 8.83 Å². The van der Waals surface area contributed by atoms with Crippen molar-refractivity contribution in [3.8, 4) is 11.7 Å². The van der Waals surface area contributed by atoms with Crippen LogP contribution < -0.4 is 5.76 Å². The Bertz CT molecular complexity index is 492. The van der Waals surface area contributed by atoms with Crippen molar-refractivity contribution in [1.82, 2.24) is 9.78 Å². The van der Waals surface area contributed by atoms with Gasteiger partial charge in [-0.25, -0.2) is 4.79 Å². The van der Waals surface area contributed by atoms with Crippen molar-refractivity contribution in [3.63, 3.8) is 0 Å². The monoisotopic (exact) mass is 222 g/mol. The van der Waals surface area contributed by atoms with Gasteiger partial charge >= 0.3 is 5.76 Å². The molecule has 0 aliphatic carbocycles. The molecule has 0 spiro atoms. The molecule has 2 heterocycles. The summed E-state index contributed by atoms with van der Waals surface area (Å²) in [4.78, 5) is 11.6. The van der Waals surface area contributed by atoms with Gasteiger partial charge in [0.2, 0.25) is 0 Å². The summed E-state index contributed by atoms with van der Waals surface area (Å²) in [7, 11) is 0. The molecule has 0 N–H and O–H groups in total.